The molecule has 5 nitrogen and oxygen atoms in total. The Balaban J connectivity index is 1.48. The molecule has 2 bridgehead atoms. The van der Waals surface area contributed by atoms with E-state index in [-0.39, 0.29) is 17.8 Å². The molecule has 3 saturated heterocycles. The molecule has 24 heavy (non-hydrogen) atoms. The standard InChI is InChI=1S/C18H21FN4O/c1-11-17(12-6-8-23(11)9-7-12)22-18(24)16-5-4-15(21-16)14-3-2-13(19)10-20-14/h2-5,10-12,17,21H,6-9H2,1H3,(H,22,24)/t11-,17+/m1/s1. The van der Waals surface area contributed by atoms with Crippen molar-refractivity contribution < 1.29 is 9.18 Å². The van der Waals surface area contributed by atoms with Gasteiger partial charge in [-0.2, -0.15) is 0 Å². The third-order valence-electron chi connectivity index (χ3n) is 5.41. The molecule has 5 heterocycles. The smallest absolute Gasteiger partial charge is 0.267 e. The fourth-order valence-corrected chi connectivity index (χ4v) is 3.99. The molecule has 126 valence electrons. The molecule has 6 heteroatoms. The SMILES string of the molecule is C[C@@H]1[C@H](NC(=O)c2ccc(-c3ccc(F)cn3)[nH]2)C2CCN1CC2. The number of pyridine rings is 1. The summed E-state index contributed by atoms with van der Waals surface area (Å²) in [6, 6.07) is 7.10. The molecule has 0 radical (unpaired) electrons. The second kappa shape index (κ2) is 6.02. The first-order chi connectivity index (χ1) is 11.6. The number of nitrogens with zero attached hydrogens (tertiary/aromatic N) is 2. The quantitative estimate of drug-likeness (QED) is 0.910. The number of carbonyl (C=O) groups excluding carboxylic acids is 1. The van der Waals surface area contributed by atoms with Gasteiger partial charge in [0.25, 0.3) is 5.91 Å². The van der Waals surface area contributed by atoms with E-state index >= 15 is 0 Å². The summed E-state index contributed by atoms with van der Waals surface area (Å²) in [5.41, 5.74) is 1.84. The van der Waals surface area contributed by atoms with Gasteiger partial charge in [0.05, 0.1) is 17.6 Å². The Kier molecular flexibility index (Phi) is 3.84. The van der Waals surface area contributed by atoms with Gasteiger partial charge in [-0.3, -0.25) is 14.7 Å². The predicted octanol–water partition coefficient (Wildman–Crippen LogP) is 2.43. The van der Waals surface area contributed by atoms with Crippen LogP contribution in [-0.4, -0.2) is 45.9 Å². The Labute approximate surface area is 140 Å². The van der Waals surface area contributed by atoms with Gasteiger partial charge in [0.2, 0.25) is 0 Å². The van der Waals surface area contributed by atoms with Crippen molar-refractivity contribution in [2.75, 3.05) is 13.1 Å². The zero-order valence-corrected chi connectivity index (χ0v) is 13.6. The first kappa shape index (κ1) is 15.3. The number of hydrogen-bond donors (Lipinski definition) is 2. The number of carbonyl (C=O) groups is 1. The van der Waals surface area contributed by atoms with E-state index in [0.29, 0.717) is 29.0 Å². The zero-order chi connectivity index (χ0) is 16.7. The highest BCUT2D eigenvalue weighted by Gasteiger charge is 2.40. The average molecular weight is 328 g/mol. The molecule has 0 aromatic carbocycles. The Morgan fingerprint density at radius 3 is 2.75 bits per heavy atom. The Morgan fingerprint density at radius 1 is 1.29 bits per heavy atom. The van der Waals surface area contributed by atoms with Gasteiger partial charge in [-0.05, 0) is 63.0 Å². The summed E-state index contributed by atoms with van der Waals surface area (Å²) in [5, 5.41) is 3.20. The second-order valence-electron chi connectivity index (χ2n) is 6.76. The summed E-state index contributed by atoms with van der Waals surface area (Å²) in [5.74, 6) is 0.107. The summed E-state index contributed by atoms with van der Waals surface area (Å²) >= 11 is 0. The van der Waals surface area contributed by atoms with Crippen LogP contribution in [0, 0.1) is 11.7 Å². The number of aromatic nitrogens is 2. The number of H-pyrrole nitrogens is 1. The Bertz CT molecular complexity index is 732. The van der Waals surface area contributed by atoms with E-state index < -0.39 is 0 Å². The number of nitrogens with one attached hydrogen (secondary N) is 2. The number of halogens is 1. The fraction of sp³-hybridized carbons (Fsp3) is 0.444. The van der Waals surface area contributed by atoms with Crippen LogP contribution >= 0.6 is 0 Å². The van der Waals surface area contributed by atoms with Crippen LogP contribution in [-0.2, 0) is 0 Å². The molecule has 1 amide bonds. The van der Waals surface area contributed by atoms with Crippen molar-refractivity contribution in [3.63, 3.8) is 0 Å². The van der Waals surface area contributed by atoms with Crippen LogP contribution in [0.5, 0.6) is 0 Å². The average Bonchev–Trinajstić information content (AvgIpc) is 3.09. The summed E-state index contributed by atoms with van der Waals surface area (Å²) in [4.78, 5) is 22.2. The van der Waals surface area contributed by atoms with Crippen molar-refractivity contribution in [1.82, 2.24) is 20.2 Å². The number of hydrogen-bond acceptors (Lipinski definition) is 3. The Morgan fingerprint density at radius 2 is 2.08 bits per heavy atom. The number of piperidine rings is 3. The van der Waals surface area contributed by atoms with Crippen LogP contribution in [0.4, 0.5) is 4.39 Å². The van der Waals surface area contributed by atoms with E-state index in [4.69, 9.17) is 0 Å². The van der Waals surface area contributed by atoms with E-state index in [0.717, 1.165) is 25.9 Å². The van der Waals surface area contributed by atoms with Gasteiger partial charge in [0.15, 0.2) is 0 Å². The van der Waals surface area contributed by atoms with Crippen molar-refractivity contribution in [2.45, 2.75) is 31.8 Å². The molecule has 3 aliphatic rings. The van der Waals surface area contributed by atoms with Gasteiger partial charge in [-0.1, -0.05) is 0 Å². The molecule has 0 aliphatic carbocycles. The maximum atomic E-state index is 13.0. The molecule has 2 aromatic heterocycles. The molecule has 2 N–H and O–H groups in total. The minimum atomic E-state index is -0.375. The van der Waals surface area contributed by atoms with Crippen molar-refractivity contribution >= 4 is 5.91 Å². The predicted molar refractivity (Wildman–Crippen MR) is 89.0 cm³/mol. The first-order valence-corrected chi connectivity index (χ1v) is 8.47. The van der Waals surface area contributed by atoms with Crippen LogP contribution in [0.3, 0.4) is 0 Å². The summed E-state index contributed by atoms with van der Waals surface area (Å²) in [6.45, 7) is 4.47. The van der Waals surface area contributed by atoms with E-state index in [1.807, 2.05) is 0 Å². The number of rotatable bonds is 3. The molecular formula is C18H21FN4O. The molecule has 3 fully saturated rings. The highest BCUT2D eigenvalue weighted by atomic mass is 19.1. The van der Waals surface area contributed by atoms with Crippen LogP contribution in [0.1, 0.15) is 30.3 Å². The summed E-state index contributed by atoms with van der Waals surface area (Å²) in [6.07, 6.45) is 3.49. The lowest BCUT2D eigenvalue weighted by atomic mass is 9.79. The Hall–Kier alpha value is -2.21. The van der Waals surface area contributed by atoms with Gasteiger partial charge in [-0.15, -0.1) is 0 Å². The number of amides is 1. The van der Waals surface area contributed by atoms with Crippen LogP contribution in [0.15, 0.2) is 30.5 Å². The van der Waals surface area contributed by atoms with E-state index in [2.05, 4.69) is 27.1 Å². The lowest BCUT2D eigenvalue weighted by Crippen LogP contribution is -2.62. The normalized spacial score (nSPS) is 28.8. The van der Waals surface area contributed by atoms with Crippen molar-refractivity contribution in [2.24, 2.45) is 5.92 Å². The molecular weight excluding hydrogens is 307 g/mol. The maximum absolute atomic E-state index is 13.0. The van der Waals surface area contributed by atoms with Crippen molar-refractivity contribution in [1.29, 1.82) is 0 Å². The van der Waals surface area contributed by atoms with Gasteiger partial charge in [-0.25, -0.2) is 4.39 Å². The summed E-state index contributed by atoms with van der Waals surface area (Å²) in [7, 11) is 0. The lowest BCUT2D eigenvalue weighted by Gasteiger charge is -2.49. The molecule has 2 atom stereocenters. The van der Waals surface area contributed by atoms with Crippen LogP contribution in [0.2, 0.25) is 0 Å². The highest BCUT2D eigenvalue weighted by molar-refractivity contribution is 5.93. The molecule has 3 aliphatic heterocycles. The molecule has 2 aromatic rings. The second-order valence-corrected chi connectivity index (χ2v) is 6.76. The molecule has 0 unspecified atom stereocenters. The maximum Gasteiger partial charge on any atom is 0.267 e. The first-order valence-electron chi connectivity index (χ1n) is 8.47. The zero-order valence-electron chi connectivity index (χ0n) is 13.6. The summed E-state index contributed by atoms with van der Waals surface area (Å²) < 4.78 is 13.0. The van der Waals surface area contributed by atoms with Crippen molar-refractivity contribution in [3.05, 3.63) is 42.0 Å². The van der Waals surface area contributed by atoms with Crippen LogP contribution < -0.4 is 5.32 Å². The monoisotopic (exact) mass is 328 g/mol. The van der Waals surface area contributed by atoms with Gasteiger partial charge in [0, 0.05) is 12.1 Å². The molecule has 0 saturated carbocycles. The van der Waals surface area contributed by atoms with Gasteiger partial charge >= 0.3 is 0 Å². The van der Waals surface area contributed by atoms with Crippen LogP contribution in [0.25, 0.3) is 11.4 Å². The van der Waals surface area contributed by atoms with E-state index in [1.165, 1.54) is 12.3 Å². The van der Waals surface area contributed by atoms with E-state index in [9.17, 15) is 9.18 Å². The molecule has 5 rings (SSSR count). The number of aromatic amines is 1. The topological polar surface area (TPSA) is 61.0 Å². The molecule has 0 spiro atoms. The van der Waals surface area contributed by atoms with Gasteiger partial charge < -0.3 is 10.3 Å². The third kappa shape index (κ3) is 2.71. The van der Waals surface area contributed by atoms with E-state index in [1.54, 1.807) is 18.2 Å². The van der Waals surface area contributed by atoms with Gasteiger partial charge in [0.1, 0.15) is 11.5 Å². The fourth-order valence-electron chi connectivity index (χ4n) is 3.99. The largest absolute Gasteiger partial charge is 0.349 e. The minimum Gasteiger partial charge on any atom is -0.349 e. The van der Waals surface area contributed by atoms with Crippen molar-refractivity contribution in [3.8, 4) is 11.4 Å². The third-order valence-corrected chi connectivity index (χ3v) is 5.41. The highest BCUT2D eigenvalue weighted by Crippen LogP contribution is 2.32. The number of fused-ring (bicyclic) bond motifs is 3. The minimum absolute atomic E-state index is 0.0889. The lowest BCUT2D eigenvalue weighted by molar-refractivity contribution is 0.0216.